The van der Waals surface area contributed by atoms with Gasteiger partial charge >= 0.3 is 0 Å². The number of nitrogens with zero attached hydrogens (tertiary/aromatic N) is 4. The Morgan fingerprint density at radius 3 is 2.82 bits per heavy atom. The molecule has 2 unspecified atom stereocenters. The molecule has 1 aromatic rings. The van der Waals surface area contributed by atoms with Crippen molar-refractivity contribution < 1.29 is 13.2 Å². The van der Waals surface area contributed by atoms with Crippen molar-refractivity contribution in [2.24, 2.45) is 0 Å². The Hall–Kier alpha value is -0.960. The van der Waals surface area contributed by atoms with Gasteiger partial charge in [-0.3, -0.25) is 0 Å². The average molecular weight is 328 g/mol. The third-order valence-electron chi connectivity index (χ3n) is 4.60. The molecule has 8 heteroatoms. The molecule has 22 heavy (non-hydrogen) atoms. The molecule has 3 heterocycles. The van der Waals surface area contributed by atoms with Crippen LogP contribution < -0.4 is 0 Å². The summed E-state index contributed by atoms with van der Waals surface area (Å²) in [5.41, 5.74) is 0. The summed E-state index contributed by atoms with van der Waals surface area (Å²) in [5.74, 6) is 0. The maximum atomic E-state index is 13.0. The van der Waals surface area contributed by atoms with Gasteiger partial charge in [0.1, 0.15) is 0 Å². The molecule has 0 saturated carbocycles. The van der Waals surface area contributed by atoms with Crippen LogP contribution in [0.5, 0.6) is 0 Å². The highest BCUT2D eigenvalue weighted by Gasteiger charge is 2.39. The minimum atomic E-state index is -3.40. The second kappa shape index (κ2) is 6.66. The average Bonchev–Trinajstić information content (AvgIpc) is 3.19. The van der Waals surface area contributed by atoms with Crippen LogP contribution in [-0.2, 0) is 21.5 Å². The number of hydrogen-bond acceptors (Lipinski definition) is 4. The van der Waals surface area contributed by atoms with Crippen molar-refractivity contribution in [3.05, 3.63) is 18.7 Å². The highest BCUT2D eigenvalue weighted by Crippen LogP contribution is 2.26. The van der Waals surface area contributed by atoms with Crippen molar-refractivity contribution in [2.75, 3.05) is 26.7 Å². The van der Waals surface area contributed by atoms with Crippen molar-refractivity contribution in [2.45, 2.75) is 44.4 Å². The van der Waals surface area contributed by atoms with Crippen LogP contribution in [0.3, 0.4) is 0 Å². The van der Waals surface area contributed by atoms with E-state index in [4.69, 9.17) is 4.74 Å². The number of hydrogen-bond donors (Lipinski definition) is 0. The zero-order valence-corrected chi connectivity index (χ0v) is 13.8. The van der Waals surface area contributed by atoms with Gasteiger partial charge < -0.3 is 9.30 Å². The van der Waals surface area contributed by atoms with Crippen molar-refractivity contribution >= 4 is 10.2 Å². The number of aromatic nitrogens is 2. The SMILES string of the molecule is COC1CCCN(S(=O)(=O)N2CCCC2Cn2ccnc2)C1. The molecule has 2 aliphatic rings. The molecule has 7 nitrogen and oxygen atoms in total. The van der Waals surface area contributed by atoms with Gasteiger partial charge in [0, 0.05) is 51.7 Å². The molecule has 0 radical (unpaired) electrons. The molecule has 2 fully saturated rings. The van der Waals surface area contributed by atoms with Crippen LogP contribution in [0.2, 0.25) is 0 Å². The second-order valence-corrected chi connectivity index (χ2v) is 7.91. The summed E-state index contributed by atoms with van der Waals surface area (Å²) >= 11 is 0. The quantitative estimate of drug-likeness (QED) is 0.798. The molecule has 0 aromatic carbocycles. The van der Waals surface area contributed by atoms with Crippen LogP contribution in [0.1, 0.15) is 25.7 Å². The summed E-state index contributed by atoms with van der Waals surface area (Å²) in [5, 5.41) is 0. The standard InChI is InChI=1S/C14H24N4O3S/c1-21-14-5-3-7-17(11-14)22(19,20)18-8-2-4-13(18)10-16-9-6-15-12-16/h6,9,12-14H,2-5,7-8,10-11H2,1H3. The predicted octanol–water partition coefficient (Wildman–Crippen LogP) is 0.703. The van der Waals surface area contributed by atoms with E-state index in [0.717, 1.165) is 25.7 Å². The molecular formula is C14H24N4O3S. The summed E-state index contributed by atoms with van der Waals surface area (Å²) in [6.45, 7) is 2.33. The molecule has 2 saturated heterocycles. The third kappa shape index (κ3) is 3.19. The Labute approximate surface area is 132 Å². The first-order chi connectivity index (χ1) is 10.6. The fourth-order valence-electron chi connectivity index (χ4n) is 3.39. The molecule has 0 amide bonds. The Morgan fingerprint density at radius 2 is 2.09 bits per heavy atom. The molecule has 0 N–H and O–H groups in total. The highest BCUT2D eigenvalue weighted by molar-refractivity contribution is 7.86. The minimum absolute atomic E-state index is 0.0122. The first-order valence-corrected chi connectivity index (χ1v) is 9.26. The van der Waals surface area contributed by atoms with E-state index in [2.05, 4.69) is 4.98 Å². The van der Waals surface area contributed by atoms with E-state index in [1.54, 1.807) is 28.2 Å². The van der Waals surface area contributed by atoms with E-state index >= 15 is 0 Å². The fraction of sp³-hybridized carbons (Fsp3) is 0.786. The molecule has 0 spiro atoms. The fourth-order valence-corrected chi connectivity index (χ4v) is 5.31. The van der Waals surface area contributed by atoms with Crippen LogP contribution in [0, 0.1) is 0 Å². The Bertz CT molecular complexity index is 575. The molecule has 2 aliphatic heterocycles. The summed E-state index contributed by atoms with van der Waals surface area (Å²) in [6, 6.07) is 0.0159. The lowest BCUT2D eigenvalue weighted by molar-refractivity contribution is 0.0550. The normalized spacial score (nSPS) is 28.2. The lowest BCUT2D eigenvalue weighted by atomic mass is 10.1. The first kappa shape index (κ1) is 15.9. The largest absolute Gasteiger partial charge is 0.380 e. The van der Waals surface area contributed by atoms with Gasteiger partial charge in [0.15, 0.2) is 0 Å². The Morgan fingerprint density at radius 1 is 1.27 bits per heavy atom. The van der Waals surface area contributed by atoms with Crippen LogP contribution >= 0.6 is 0 Å². The third-order valence-corrected chi connectivity index (χ3v) is 6.66. The van der Waals surface area contributed by atoms with Gasteiger partial charge in [-0.2, -0.15) is 17.0 Å². The minimum Gasteiger partial charge on any atom is -0.380 e. The maximum absolute atomic E-state index is 13.0. The zero-order valence-electron chi connectivity index (χ0n) is 13.0. The van der Waals surface area contributed by atoms with E-state index in [-0.39, 0.29) is 12.1 Å². The molecule has 1 aromatic heterocycles. The van der Waals surface area contributed by atoms with E-state index in [1.807, 2.05) is 10.8 Å². The van der Waals surface area contributed by atoms with Crippen molar-refractivity contribution in [3.63, 3.8) is 0 Å². The Kier molecular flexibility index (Phi) is 4.82. The Balaban J connectivity index is 1.72. The predicted molar refractivity (Wildman–Crippen MR) is 82.5 cm³/mol. The summed E-state index contributed by atoms with van der Waals surface area (Å²) in [4.78, 5) is 4.03. The topological polar surface area (TPSA) is 67.7 Å². The van der Waals surface area contributed by atoms with E-state index < -0.39 is 10.2 Å². The molecule has 0 bridgehead atoms. The number of methoxy groups -OCH3 is 1. The van der Waals surface area contributed by atoms with Gasteiger partial charge in [-0.25, -0.2) is 4.98 Å². The first-order valence-electron chi connectivity index (χ1n) is 7.86. The van der Waals surface area contributed by atoms with Crippen molar-refractivity contribution in [1.82, 2.24) is 18.2 Å². The molecule has 124 valence electrons. The number of rotatable bonds is 5. The van der Waals surface area contributed by atoms with Crippen LogP contribution in [0.25, 0.3) is 0 Å². The monoisotopic (exact) mass is 328 g/mol. The number of ether oxygens (including phenoxy) is 1. The summed E-state index contributed by atoms with van der Waals surface area (Å²) in [7, 11) is -1.75. The van der Waals surface area contributed by atoms with Gasteiger partial charge in [-0.15, -0.1) is 0 Å². The van der Waals surface area contributed by atoms with E-state index in [9.17, 15) is 8.42 Å². The van der Waals surface area contributed by atoms with Gasteiger partial charge in [0.05, 0.1) is 12.4 Å². The van der Waals surface area contributed by atoms with Crippen molar-refractivity contribution in [1.29, 1.82) is 0 Å². The number of imidazole rings is 1. The number of piperidine rings is 1. The summed E-state index contributed by atoms with van der Waals surface area (Å²) in [6.07, 6.45) is 8.97. The smallest absolute Gasteiger partial charge is 0.282 e. The van der Waals surface area contributed by atoms with Crippen LogP contribution in [-0.4, -0.2) is 65.5 Å². The second-order valence-electron chi connectivity index (χ2n) is 6.03. The summed E-state index contributed by atoms with van der Waals surface area (Å²) < 4.78 is 36.5. The molecular weight excluding hydrogens is 304 g/mol. The van der Waals surface area contributed by atoms with Gasteiger partial charge in [0.25, 0.3) is 10.2 Å². The van der Waals surface area contributed by atoms with Gasteiger partial charge in [-0.1, -0.05) is 0 Å². The van der Waals surface area contributed by atoms with Gasteiger partial charge in [-0.05, 0) is 25.7 Å². The van der Waals surface area contributed by atoms with Crippen LogP contribution in [0.15, 0.2) is 18.7 Å². The zero-order chi connectivity index (χ0) is 15.6. The molecule has 0 aliphatic carbocycles. The molecule has 2 atom stereocenters. The van der Waals surface area contributed by atoms with Crippen molar-refractivity contribution in [3.8, 4) is 0 Å². The van der Waals surface area contributed by atoms with E-state index in [0.29, 0.717) is 26.2 Å². The lowest BCUT2D eigenvalue weighted by Gasteiger charge is -2.35. The highest BCUT2D eigenvalue weighted by atomic mass is 32.2. The lowest BCUT2D eigenvalue weighted by Crippen LogP contribution is -2.51. The maximum Gasteiger partial charge on any atom is 0.282 e. The van der Waals surface area contributed by atoms with Crippen LogP contribution in [0.4, 0.5) is 0 Å². The molecule has 3 rings (SSSR count). The van der Waals surface area contributed by atoms with Gasteiger partial charge in [0.2, 0.25) is 0 Å². The van der Waals surface area contributed by atoms with E-state index in [1.165, 1.54) is 0 Å².